The Balaban J connectivity index is 4.70. The minimum atomic E-state index is -2.84. The highest BCUT2D eigenvalue weighted by Crippen LogP contribution is 2.45. The molecule has 0 heterocycles. The van der Waals surface area contributed by atoms with E-state index in [1.165, 1.54) is 0 Å². The summed E-state index contributed by atoms with van der Waals surface area (Å²) in [7, 11) is -4.04. The fourth-order valence-electron chi connectivity index (χ4n) is 0.832. The van der Waals surface area contributed by atoms with Gasteiger partial charge in [-0.1, -0.05) is 13.1 Å². The molecule has 0 rings (SSSR count). The van der Waals surface area contributed by atoms with Crippen LogP contribution in [0.2, 0.25) is 17.9 Å². The molecule has 1 atom stereocenters. The lowest BCUT2D eigenvalue weighted by Crippen LogP contribution is -2.43. The van der Waals surface area contributed by atoms with E-state index in [4.69, 9.17) is 66.5 Å². The van der Waals surface area contributed by atoms with Crippen LogP contribution in [0.25, 0.3) is 0 Å². The molecule has 0 saturated heterocycles. The highest BCUT2D eigenvalue weighted by Gasteiger charge is 2.51. The van der Waals surface area contributed by atoms with Crippen LogP contribution in [0, 0.1) is 0 Å². The van der Waals surface area contributed by atoms with Gasteiger partial charge >= 0.3 is 6.00 Å². The van der Waals surface area contributed by atoms with Crippen LogP contribution >= 0.6 is 66.5 Å². The second-order valence-electron chi connectivity index (χ2n) is 2.92. The monoisotopic (exact) mass is 338 g/mol. The van der Waals surface area contributed by atoms with Crippen LogP contribution in [0.1, 0.15) is 0 Å². The quantitative estimate of drug-likeness (QED) is 0.532. The first kappa shape index (κ1) is 14.4. The van der Waals surface area contributed by atoms with E-state index >= 15 is 0 Å². The Morgan fingerprint density at radius 3 is 1.33 bits per heavy atom. The molecule has 0 radical (unpaired) electrons. The van der Waals surface area contributed by atoms with E-state index in [-0.39, 0.29) is 4.79 Å². The highest BCUT2D eigenvalue weighted by molar-refractivity contribution is 7.72. The molecule has 12 heavy (non-hydrogen) atoms. The largest absolute Gasteiger partial charge is 0.342 e. The molecule has 0 saturated carbocycles. The zero-order valence-electron chi connectivity index (χ0n) is 6.42. The van der Waals surface area contributed by atoms with Gasteiger partial charge in [0.2, 0.25) is 7.42 Å². The summed E-state index contributed by atoms with van der Waals surface area (Å²) in [6.45, 7) is 3.80. The van der Waals surface area contributed by atoms with Gasteiger partial charge in [0.15, 0.2) is 7.38 Å². The standard InChI is InChI=1S/C3H8Cl6Si3/c1-11(2,6)3(10(4)5)12(7,8)9/h3,10H,1-2H3. The van der Waals surface area contributed by atoms with E-state index in [9.17, 15) is 0 Å². The van der Waals surface area contributed by atoms with Crippen LogP contribution in [0.15, 0.2) is 0 Å². The number of hydrogen-bond donors (Lipinski definition) is 0. The Kier molecular flexibility index (Phi) is 5.93. The maximum atomic E-state index is 6.16. The van der Waals surface area contributed by atoms with Crippen LogP contribution in [0.3, 0.4) is 0 Å². The zero-order chi connectivity index (χ0) is 10.2. The van der Waals surface area contributed by atoms with Crippen molar-refractivity contribution in [1.82, 2.24) is 0 Å². The van der Waals surface area contributed by atoms with Gasteiger partial charge in [0.1, 0.15) is 0 Å². The molecular formula is C3H8Cl6Si3. The van der Waals surface area contributed by atoms with Crippen molar-refractivity contribution in [2.45, 2.75) is 17.9 Å². The fourth-order valence-corrected chi connectivity index (χ4v) is 36.1. The third-order valence-corrected chi connectivity index (χ3v) is 25.1. The van der Waals surface area contributed by atoms with E-state index in [1.54, 1.807) is 0 Å². The van der Waals surface area contributed by atoms with Crippen molar-refractivity contribution in [1.29, 1.82) is 0 Å². The Labute approximate surface area is 104 Å². The van der Waals surface area contributed by atoms with Crippen molar-refractivity contribution in [3.05, 3.63) is 0 Å². The number of hydrogen-bond acceptors (Lipinski definition) is 0. The fraction of sp³-hybridized carbons (Fsp3) is 1.00. The van der Waals surface area contributed by atoms with E-state index in [0.29, 0.717) is 0 Å². The molecule has 0 spiro atoms. The first-order valence-corrected chi connectivity index (χ1v) is 16.5. The lowest BCUT2D eigenvalue weighted by Gasteiger charge is -2.30. The second kappa shape index (κ2) is 4.94. The molecular weight excluding hydrogens is 333 g/mol. The molecule has 0 amide bonds. The lowest BCUT2D eigenvalue weighted by molar-refractivity contribution is 1.63. The normalized spacial score (nSPS) is 16.8. The number of rotatable bonds is 3. The molecule has 0 nitrogen and oxygen atoms in total. The van der Waals surface area contributed by atoms with E-state index in [2.05, 4.69) is 0 Å². The summed E-state index contributed by atoms with van der Waals surface area (Å²) >= 11 is 35.5. The van der Waals surface area contributed by atoms with Gasteiger partial charge in [-0.25, -0.2) is 0 Å². The summed E-state index contributed by atoms with van der Waals surface area (Å²) in [4.78, 5) is -0.208. The second-order valence-corrected chi connectivity index (χ2v) is 25.1. The summed E-state index contributed by atoms with van der Waals surface area (Å²) in [5.74, 6) is 0. The van der Waals surface area contributed by atoms with Crippen molar-refractivity contribution in [2.24, 2.45) is 0 Å². The maximum absolute atomic E-state index is 6.16. The van der Waals surface area contributed by atoms with E-state index in [1.807, 2.05) is 13.1 Å². The Morgan fingerprint density at radius 2 is 1.33 bits per heavy atom. The molecule has 0 aromatic heterocycles. The van der Waals surface area contributed by atoms with Gasteiger partial charge < -0.3 is 0 Å². The first-order chi connectivity index (χ1) is 5.07. The molecule has 9 heteroatoms. The van der Waals surface area contributed by atoms with Gasteiger partial charge in [-0.05, 0) is 0 Å². The molecule has 0 aliphatic heterocycles. The van der Waals surface area contributed by atoms with Crippen LogP contribution in [-0.2, 0) is 0 Å². The van der Waals surface area contributed by atoms with Crippen molar-refractivity contribution in [3.8, 4) is 0 Å². The number of halogens is 6. The summed E-state index contributed by atoms with van der Waals surface area (Å²) in [5.41, 5.74) is 0. The topological polar surface area (TPSA) is 0 Å². The summed E-state index contributed by atoms with van der Waals surface area (Å²) < 4.78 is 0. The van der Waals surface area contributed by atoms with Gasteiger partial charge in [0.05, 0.1) is 0 Å². The van der Waals surface area contributed by atoms with Crippen molar-refractivity contribution in [3.63, 3.8) is 0 Å². The molecule has 0 aromatic rings. The molecule has 0 aliphatic carbocycles. The minimum Gasteiger partial charge on any atom is -0.168 e. The smallest absolute Gasteiger partial charge is 0.168 e. The highest BCUT2D eigenvalue weighted by atomic mass is 35.8. The Hall–Kier alpha value is 2.39. The predicted octanol–water partition coefficient (Wildman–Crippen LogP) is 4.23. The third kappa shape index (κ3) is 4.75. The van der Waals surface area contributed by atoms with E-state index in [0.717, 1.165) is 0 Å². The lowest BCUT2D eigenvalue weighted by atomic mass is 11.8. The molecule has 74 valence electrons. The Morgan fingerprint density at radius 1 is 1.00 bits per heavy atom. The minimum absolute atomic E-state index is 0.208. The molecule has 1 unspecified atom stereocenters. The van der Waals surface area contributed by atoms with Crippen molar-refractivity contribution in [2.75, 3.05) is 0 Å². The molecule has 0 aliphatic rings. The van der Waals surface area contributed by atoms with Gasteiger partial charge in [-0.3, -0.25) is 0 Å². The zero-order valence-corrected chi connectivity index (χ0v) is 14.1. The summed E-state index contributed by atoms with van der Waals surface area (Å²) in [6, 6.07) is -2.84. The van der Waals surface area contributed by atoms with Gasteiger partial charge in [-0.2, -0.15) is 33.2 Å². The average molecular weight is 341 g/mol. The summed E-state index contributed by atoms with van der Waals surface area (Å²) in [6.07, 6.45) is 0. The van der Waals surface area contributed by atoms with Crippen LogP contribution in [0.5, 0.6) is 0 Å². The predicted molar refractivity (Wildman–Crippen MR) is 69.3 cm³/mol. The van der Waals surface area contributed by atoms with Crippen LogP contribution in [-0.4, -0.2) is 20.8 Å². The van der Waals surface area contributed by atoms with Gasteiger partial charge in [0, 0.05) is 4.79 Å². The molecule has 0 bridgehead atoms. The average Bonchev–Trinajstić information content (AvgIpc) is 1.49. The Bertz CT molecular complexity index is 133. The SMILES string of the molecule is C[Si](C)(Cl)C([SiH](Cl)Cl)[Si](Cl)(Cl)Cl. The molecule has 0 N–H and O–H groups in total. The maximum Gasteiger partial charge on any atom is 0.342 e. The van der Waals surface area contributed by atoms with Crippen LogP contribution in [0.4, 0.5) is 0 Å². The third-order valence-electron chi connectivity index (χ3n) is 1.34. The first-order valence-electron chi connectivity index (χ1n) is 3.10. The summed E-state index contributed by atoms with van der Waals surface area (Å²) in [5, 5.41) is 0. The molecule has 0 fully saturated rings. The van der Waals surface area contributed by atoms with Gasteiger partial charge in [0.25, 0.3) is 0 Å². The molecule has 0 aromatic carbocycles. The van der Waals surface area contributed by atoms with Gasteiger partial charge in [-0.15, -0.1) is 33.2 Å². The van der Waals surface area contributed by atoms with Crippen molar-refractivity contribution < 1.29 is 0 Å². The van der Waals surface area contributed by atoms with E-state index < -0.39 is 20.8 Å². The van der Waals surface area contributed by atoms with Crippen LogP contribution < -0.4 is 0 Å². The van der Waals surface area contributed by atoms with Crippen molar-refractivity contribution >= 4 is 87.3 Å².